The van der Waals surface area contributed by atoms with E-state index in [0.717, 1.165) is 23.5 Å². The van der Waals surface area contributed by atoms with Gasteiger partial charge in [0.1, 0.15) is 0 Å². The highest BCUT2D eigenvalue weighted by atomic mass is 16.4. The van der Waals surface area contributed by atoms with Crippen LogP contribution in [0.25, 0.3) is 0 Å². The molecule has 1 unspecified atom stereocenters. The third kappa shape index (κ3) is 7.80. The zero-order valence-corrected chi connectivity index (χ0v) is 23.9. The Kier molecular flexibility index (Phi) is 9.63. The monoisotopic (exact) mass is 580 g/mol. The number of aromatic nitrogens is 1. The molecular weight excluding hydrogens is 540 g/mol. The van der Waals surface area contributed by atoms with Crippen LogP contribution in [-0.2, 0) is 32.3 Å². The van der Waals surface area contributed by atoms with Crippen molar-refractivity contribution >= 4 is 29.5 Å². The summed E-state index contributed by atoms with van der Waals surface area (Å²) >= 11 is 0. The van der Waals surface area contributed by atoms with E-state index >= 15 is 0 Å². The minimum atomic E-state index is -0.795. The zero-order valence-electron chi connectivity index (χ0n) is 23.9. The van der Waals surface area contributed by atoms with E-state index in [4.69, 9.17) is 9.98 Å². The quantitative estimate of drug-likeness (QED) is 0.505. The molecule has 2 fully saturated rings. The second kappa shape index (κ2) is 13.6. The molecule has 226 valence electrons. The van der Waals surface area contributed by atoms with Crippen LogP contribution in [-0.4, -0.2) is 123 Å². The third-order valence-electron chi connectivity index (χ3n) is 8.67. The Morgan fingerprint density at radius 3 is 1.83 bits per heavy atom. The van der Waals surface area contributed by atoms with Crippen molar-refractivity contribution in [3.8, 4) is 0 Å². The summed E-state index contributed by atoms with van der Waals surface area (Å²) in [6, 6.07) is 5.80. The number of carbonyl (C=O) groups is 4. The van der Waals surface area contributed by atoms with Gasteiger partial charge in [-0.05, 0) is 50.3 Å². The summed E-state index contributed by atoms with van der Waals surface area (Å²) in [5, 5.41) is 18.6. The van der Waals surface area contributed by atoms with Crippen molar-refractivity contribution in [1.82, 2.24) is 24.6 Å². The summed E-state index contributed by atoms with van der Waals surface area (Å²) in [4.78, 5) is 66.6. The SMILES string of the molecule is O=C(O)C1CCN(C(=O)CN2CC3=NC(CC=C3)CN(CC(=O)N3CCC(C(=O)O)CC3)Cc3cccc(n3)C2)CC1. The molecule has 12 heteroatoms. The number of aliphatic carboxylic acids is 2. The average molecular weight is 581 g/mol. The van der Waals surface area contributed by atoms with Crippen LogP contribution in [0.4, 0.5) is 0 Å². The summed E-state index contributed by atoms with van der Waals surface area (Å²) in [5.41, 5.74) is 2.54. The maximum atomic E-state index is 13.2. The lowest BCUT2D eigenvalue weighted by Gasteiger charge is -2.34. The van der Waals surface area contributed by atoms with Crippen LogP contribution in [0, 0.1) is 11.8 Å². The Balaban J connectivity index is 1.27. The topological polar surface area (TPSA) is 147 Å². The third-order valence-corrected chi connectivity index (χ3v) is 8.67. The molecule has 1 aromatic heterocycles. The van der Waals surface area contributed by atoms with E-state index in [1.807, 2.05) is 29.2 Å². The highest BCUT2D eigenvalue weighted by Gasteiger charge is 2.30. The molecule has 4 aliphatic rings. The number of hydrogen-bond acceptors (Lipinski definition) is 8. The number of nitrogens with zero attached hydrogens (tertiary/aromatic N) is 6. The van der Waals surface area contributed by atoms with Crippen molar-refractivity contribution in [1.29, 1.82) is 0 Å². The van der Waals surface area contributed by atoms with Gasteiger partial charge in [0.2, 0.25) is 11.8 Å². The number of carboxylic acid groups (broad SMARTS) is 2. The van der Waals surface area contributed by atoms with Crippen LogP contribution < -0.4 is 0 Å². The van der Waals surface area contributed by atoms with Crippen molar-refractivity contribution in [2.75, 3.05) is 52.4 Å². The Morgan fingerprint density at radius 1 is 0.762 bits per heavy atom. The molecule has 12 nitrogen and oxygen atoms in total. The first-order valence-electron chi connectivity index (χ1n) is 14.9. The maximum absolute atomic E-state index is 13.2. The lowest BCUT2D eigenvalue weighted by Crippen LogP contribution is -2.47. The van der Waals surface area contributed by atoms with Gasteiger partial charge in [-0.25, -0.2) is 0 Å². The molecule has 0 spiro atoms. The van der Waals surface area contributed by atoms with E-state index < -0.39 is 11.9 Å². The Bertz CT molecular complexity index is 1230. The second-order valence-electron chi connectivity index (χ2n) is 11.8. The molecule has 0 aromatic carbocycles. The number of hydrogen-bond donors (Lipinski definition) is 2. The fraction of sp³-hybridized carbons (Fsp3) is 0.600. The average Bonchev–Trinajstić information content (AvgIpc) is 2.97. The van der Waals surface area contributed by atoms with Crippen molar-refractivity contribution in [2.24, 2.45) is 16.8 Å². The van der Waals surface area contributed by atoms with Gasteiger partial charge < -0.3 is 20.0 Å². The highest BCUT2D eigenvalue weighted by Crippen LogP contribution is 2.20. The summed E-state index contributed by atoms with van der Waals surface area (Å²) in [6.07, 6.45) is 6.76. The number of fused-ring (bicyclic) bond motifs is 3. The highest BCUT2D eigenvalue weighted by molar-refractivity contribution is 5.97. The van der Waals surface area contributed by atoms with Crippen LogP contribution >= 0.6 is 0 Å². The van der Waals surface area contributed by atoms with E-state index in [1.165, 1.54) is 0 Å². The van der Waals surface area contributed by atoms with Gasteiger partial charge in [0.15, 0.2) is 0 Å². The molecular formula is C30H40N6O6. The van der Waals surface area contributed by atoms with Gasteiger partial charge in [0, 0.05) is 58.1 Å². The Morgan fingerprint density at radius 2 is 1.29 bits per heavy atom. The van der Waals surface area contributed by atoms with Crippen LogP contribution in [0.2, 0.25) is 0 Å². The Hall–Kier alpha value is -3.64. The molecule has 4 bridgehead atoms. The van der Waals surface area contributed by atoms with Crippen molar-refractivity contribution in [2.45, 2.75) is 51.2 Å². The first-order chi connectivity index (χ1) is 20.2. The maximum Gasteiger partial charge on any atom is 0.306 e. The summed E-state index contributed by atoms with van der Waals surface area (Å²) in [7, 11) is 0. The second-order valence-corrected chi connectivity index (χ2v) is 11.8. The molecule has 2 amide bonds. The molecule has 4 aliphatic heterocycles. The standard InChI is InChI=1S/C30H40N6O6/c37-27(35-11-7-21(8-12-35)29(39)40)19-33-15-23-3-1-4-24(31-23)16-34(18-26-6-2-5-25(17-33)32-26)20-28(38)36-13-9-22(10-14-36)30(41)42/h1-5,21-22,26H,6-20H2,(H,39,40)(H,41,42). The van der Waals surface area contributed by atoms with Crippen molar-refractivity contribution in [3.63, 3.8) is 0 Å². The van der Waals surface area contributed by atoms with Gasteiger partial charge in [-0.1, -0.05) is 12.1 Å². The molecule has 2 N–H and O–H groups in total. The molecule has 1 aromatic rings. The molecule has 0 radical (unpaired) electrons. The number of aliphatic imine (C=N–C) groups is 1. The fourth-order valence-corrected chi connectivity index (χ4v) is 6.28. The number of carbonyl (C=O) groups excluding carboxylic acids is 2. The first kappa shape index (κ1) is 29.8. The number of dihydropyridines is 1. The van der Waals surface area contributed by atoms with E-state index in [-0.39, 0.29) is 42.8 Å². The fourth-order valence-electron chi connectivity index (χ4n) is 6.28. The molecule has 0 aliphatic carbocycles. The molecule has 42 heavy (non-hydrogen) atoms. The number of piperidine rings is 2. The van der Waals surface area contributed by atoms with Gasteiger partial charge in [-0.3, -0.25) is 39.0 Å². The van der Waals surface area contributed by atoms with E-state index in [2.05, 4.69) is 11.0 Å². The van der Waals surface area contributed by atoms with Crippen LogP contribution in [0.15, 0.2) is 35.3 Å². The number of pyridine rings is 1. The number of carboxylic acids is 2. The first-order valence-corrected chi connectivity index (χ1v) is 14.9. The minimum Gasteiger partial charge on any atom is -0.481 e. The van der Waals surface area contributed by atoms with Gasteiger partial charge in [0.05, 0.1) is 42.4 Å². The number of likely N-dealkylation sites (tertiary alicyclic amines) is 2. The molecule has 1 atom stereocenters. The predicted molar refractivity (Wildman–Crippen MR) is 154 cm³/mol. The molecule has 5 rings (SSSR count). The van der Waals surface area contributed by atoms with Crippen LogP contribution in [0.5, 0.6) is 0 Å². The summed E-state index contributed by atoms with van der Waals surface area (Å²) in [5.74, 6) is -2.39. The molecule has 5 heterocycles. The van der Waals surface area contributed by atoms with Crippen LogP contribution in [0.1, 0.15) is 43.5 Å². The van der Waals surface area contributed by atoms with Gasteiger partial charge in [-0.2, -0.15) is 0 Å². The van der Waals surface area contributed by atoms with E-state index in [1.54, 1.807) is 9.80 Å². The zero-order chi connectivity index (χ0) is 29.6. The minimum absolute atomic E-state index is 0.00489. The van der Waals surface area contributed by atoms with Crippen molar-refractivity contribution < 1.29 is 29.4 Å². The van der Waals surface area contributed by atoms with Crippen LogP contribution in [0.3, 0.4) is 0 Å². The smallest absolute Gasteiger partial charge is 0.306 e. The van der Waals surface area contributed by atoms with Gasteiger partial charge >= 0.3 is 11.9 Å². The molecule has 0 saturated carbocycles. The van der Waals surface area contributed by atoms with E-state index in [9.17, 15) is 29.4 Å². The largest absolute Gasteiger partial charge is 0.481 e. The lowest BCUT2D eigenvalue weighted by molar-refractivity contribution is -0.146. The molecule has 2 saturated heterocycles. The van der Waals surface area contributed by atoms with E-state index in [0.29, 0.717) is 78.0 Å². The number of rotatable bonds is 6. The van der Waals surface area contributed by atoms with Gasteiger partial charge in [0.25, 0.3) is 0 Å². The summed E-state index contributed by atoms with van der Waals surface area (Å²) < 4.78 is 0. The lowest BCUT2D eigenvalue weighted by atomic mass is 9.97. The predicted octanol–water partition coefficient (Wildman–Crippen LogP) is 1.12. The number of amides is 2. The summed E-state index contributed by atoms with van der Waals surface area (Å²) in [6.45, 7) is 4.22. The van der Waals surface area contributed by atoms with Gasteiger partial charge in [-0.15, -0.1) is 0 Å². The normalized spacial score (nSPS) is 23.0. The Labute approximate surface area is 245 Å². The van der Waals surface area contributed by atoms with Crippen molar-refractivity contribution in [3.05, 3.63) is 41.7 Å².